The maximum atomic E-state index is 15.5. The van der Waals surface area contributed by atoms with Crippen LogP contribution in [0.25, 0.3) is 0 Å². The number of benzene rings is 2. The molecule has 10 heteroatoms. The fraction of sp³-hybridized carbons (Fsp3) is 0.500. The molecule has 2 aliphatic heterocycles. The second-order valence-electron chi connectivity index (χ2n) is 9.41. The lowest BCUT2D eigenvalue weighted by Crippen LogP contribution is -2.45. The maximum Gasteiger partial charge on any atom is 0.245 e. The zero-order chi connectivity index (χ0) is 25.9. The number of likely N-dealkylation sites (N-methyl/N-ethyl adjacent to an activating group) is 1. The van der Waals surface area contributed by atoms with Gasteiger partial charge in [-0.05, 0) is 37.5 Å². The predicted molar refractivity (Wildman–Crippen MR) is 130 cm³/mol. The van der Waals surface area contributed by atoms with Crippen LogP contribution in [0.15, 0.2) is 42.5 Å². The van der Waals surface area contributed by atoms with Crippen LogP contribution in [0.2, 0.25) is 0 Å². The van der Waals surface area contributed by atoms with E-state index in [4.69, 9.17) is 9.47 Å². The topological polar surface area (TPSA) is 84.9 Å². The van der Waals surface area contributed by atoms with Crippen LogP contribution < -0.4 is 5.32 Å². The first-order chi connectivity index (χ1) is 17.2. The first-order valence-corrected chi connectivity index (χ1v) is 13.6. The zero-order valence-electron chi connectivity index (χ0n) is 20.5. The molecule has 2 atom stereocenters. The van der Waals surface area contributed by atoms with Crippen molar-refractivity contribution in [3.05, 3.63) is 70.8 Å². The Morgan fingerprint density at radius 2 is 1.83 bits per heavy atom. The van der Waals surface area contributed by atoms with Gasteiger partial charge in [0.2, 0.25) is 15.9 Å². The predicted octanol–water partition coefficient (Wildman–Crippen LogP) is 3.79. The Bertz CT molecular complexity index is 1190. The number of rotatable bonds is 7. The van der Waals surface area contributed by atoms with Gasteiger partial charge < -0.3 is 14.8 Å². The van der Waals surface area contributed by atoms with Crippen LogP contribution in [-0.2, 0) is 36.4 Å². The number of halogens is 2. The van der Waals surface area contributed by atoms with Crippen molar-refractivity contribution in [3.8, 4) is 0 Å². The molecule has 0 aromatic heterocycles. The highest BCUT2D eigenvalue weighted by Gasteiger charge is 2.42. The molecule has 0 spiro atoms. The van der Waals surface area contributed by atoms with Crippen LogP contribution in [-0.4, -0.2) is 51.5 Å². The Morgan fingerprint density at radius 1 is 1.14 bits per heavy atom. The average Bonchev–Trinajstić information content (AvgIpc) is 2.87. The molecular formula is C26H32F2N2O5S. The molecule has 2 aliphatic rings. The Kier molecular flexibility index (Phi) is 8.09. The SMILES string of the molecule is CNC(=O)COC1(c2cc(F)c(CN3[C@@H](C)CC[C@H](c4ccccc4)S3(=O)=O)cc2F)CCOCC1. The Morgan fingerprint density at radius 3 is 2.50 bits per heavy atom. The second kappa shape index (κ2) is 10.9. The van der Waals surface area contributed by atoms with Gasteiger partial charge in [-0.25, -0.2) is 17.2 Å². The van der Waals surface area contributed by atoms with Gasteiger partial charge in [0.05, 0.1) is 0 Å². The minimum atomic E-state index is -3.80. The molecule has 0 bridgehead atoms. The van der Waals surface area contributed by atoms with Gasteiger partial charge in [0.25, 0.3) is 0 Å². The summed E-state index contributed by atoms with van der Waals surface area (Å²) in [5, 5.41) is 1.72. The van der Waals surface area contributed by atoms with Crippen molar-refractivity contribution < 1.29 is 31.5 Å². The third-order valence-corrected chi connectivity index (χ3v) is 9.58. The molecule has 196 valence electrons. The molecule has 7 nitrogen and oxygen atoms in total. The number of hydrogen-bond acceptors (Lipinski definition) is 5. The highest BCUT2D eigenvalue weighted by atomic mass is 32.2. The van der Waals surface area contributed by atoms with Crippen molar-refractivity contribution in [2.75, 3.05) is 26.9 Å². The lowest BCUT2D eigenvalue weighted by atomic mass is 9.85. The monoisotopic (exact) mass is 522 g/mol. The summed E-state index contributed by atoms with van der Waals surface area (Å²) in [7, 11) is -2.33. The normalized spacial score (nSPS) is 23.8. The van der Waals surface area contributed by atoms with Gasteiger partial charge in [-0.1, -0.05) is 30.3 Å². The van der Waals surface area contributed by atoms with E-state index < -0.39 is 32.5 Å². The summed E-state index contributed by atoms with van der Waals surface area (Å²) in [6.07, 6.45) is 1.59. The molecular weight excluding hydrogens is 490 g/mol. The van der Waals surface area contributed by atoms with E-state index in [1.807, 2.05) is 6.07 Å². The van der Waals surface area contributed by atoms with Crippen LogP contribution in [0.3, 0.4) is 0 Å². The fourth-order valence-corrected chi connectivity index (χ4v) is 7.23. The Balaban J connectivity index is 1.63. The molecule has 4 rings (SSSR count). The summed E-state index contributed by atoms with van der Waals surface area (Å²) in [5.74, 6) is -1.80. The van der Waals surface area contributed by atoms with Crippen molar-refractivity contribution in [1.82, 2.24) is 9.62 Å². The van der Waals surface area contributed by atoms with E-state index in [9.17, 15) is 13.2 Å². The van der Waals surface area contributed by atoms with E-state index in [2.05, 4.69) is 5.32 Å². The molecule has 36 heavy (non-hydrogen) atoms. The molecule has 1 N–H and O–H groups in total. The molecule has 0 unspecified atom stereocenters. The van der Waals surface area contributed by atoms with Gasteiger partial charge in [-0.3, -0.25) is 4.79 Å². The summed E-state index contributed by atoms with van der Waals surface area (Å²) < 4.78 is 70.4. The Labute approximate surface area is 210 Å². The quantitative estimate of drug-likeness (QED) is 0.598. The third-order valence-electron chi connectivity index (χ3n) is 7.21. The van der Waals surface area contributed by atoms with E-state index in [-0.39, 0.29) is 62.3 Å². The fourth-order valence-electron chi connectivity index (χ4n) is 5.05. The van der Waals surface area contributed by atoms with E-state index in [1.54, 1.807) is 31.2 Å². The molecule has 0 saturated carbocycles. The molecule has 2 heterocycles. The molecule has 2 saturated heterocycles. The number of ether oxygens (including phenoxy) is 2. The van der Waals surface area contributed by atoms with E-state index in [0.29, 0.717) is 18.4 Å². The number of carbonyl (C=O) groups excluding carboxylic acids is 1. The van der Waals surface area contributed by atoms with Crippen LogP contribution >= 0.6 is 0 Å². The van der Waals surface area contributed by atoms with Gasteiger partial charge in [-0.15, -0.1) is 0 Å². The van der Waals surface area contributed by atoms with E-state index >= 15 is 8.78 Å². The van der Waals surface area contributed by atoms with Crippen molar-refractivity contribution in [2.45, 2.75) is 56.0 Å². The van der Waals surface area contributed by atoms with Crippen LogP contribution in [0.4, 0.5) is 8.78 Å². The van der Waals surface area contributed by atoms with Gasteiger partial charge in [0, 0.05) is 56.8 Å². The van der Waals surface area contributed by atoms with Gasteiger partial charge >= 0.3 is 0 Å². The minimum absolute atomic E-state index is 0.00710. The van der Waals surface area contributed by atoms with E-state index in [0.717, 1.165) is 12.1 Å². The largest absolute Gasteiger partial charge is 0.381 e. The summed E-state index contributed by atoms with van der Waals surface area (Å²) in [6, 6.07) is 10.7. The standard InChI is InChI=1S/C26H32F2N2O5S/c1-18-8-9-24(19-6-4-3-5-7-19)36(32,33)30(18)16-20-14-23(28)21(15-22(20)27)26(10-12-34-13-11-26)35-17-25(31)29-2/h3-7,14-15,18,24H,8-13,16-17H2,1-2H3,(H,29,31)/t18-,24+/m0/s1. The maximum absolute atomic E-state index is 15.5. The number of hydrogen-bond donors (Lipinski definition) is 1. The van der Waals surface area contributed by atoms with Crippen LogP contribution in [0, 0.1) is 11.6 Å². The average molecular weight is 523 g/mol. The van der Waals surface area contributed by atoms with Gasteiger partial charge in [-0.2, -0.15) is 4.31 Å². The van der Waals surface area contributed by atoms with Crippen molar-refractivity contribution >= 4 is 15.9 Å². The summed E-state index contributed by atoms with van der Waals surface area (Å²) >= 11 is 0. The van der Waals surface area contributed by atoms with Crippen LogP contribution in [0.5, 0.6) is 0 Å². The van der Waals surface area contributed by atoms with Gasteiger partial charge in [0.1, 0.15) is 29.1 Å². The first kappa shape index (κ1) is 26.7. The molecule has 2 aromatic carbocycles. The summed E-state index contributed by atoms with van der Waals surface area (Å²) in [6.45, 7) is 1.77. The Hall–Kier alpha value is -2.40. The molecule has 0 radical (unpaired) electrons. The van der Waals surface area contributed by atoms with Crippen molar-refractivity contribution in [3.63, 3.8) is 0 Å². The van der Waals surface area contributed by atoms with E-state index in [1.165, 1.54) is 11.4 Å². The highest BCUT2D eigenvalue weighted by molar-refractivity contribution is 7.89. The number of carbonyl (C=O) groups is 1. The van der Waals surface area contributed by atoms with Crippen molar-refractivity contribution in [1.29, 1.82) is 0 Å². The molecule has 2 fully saturated rings. The number of nitrogens with zero attached hydrogens (tertiary/aromatic N) is 1. The summed E-state index contributed by atoms with van der Waals surface area (Å²) in [4.78, 5) is 11.8. The van der Waals surface area contributed by atoms with Crippen LogP contribution in [0.1, 0.15) is 54.5 Å². The molecule has 1 amide bonds. The second-order valence-corrected chi connectivity index (χ2v) is 11.5. The summed E-state index contributed by atoms with van der Waals surface area (Å²) in [5.41, 5.74) is -0.565. The molecule has 2 aromatic rings. The number of amides is 1. The number of nitrogens with one attached hydrogen (secondary N) is 1. The third kappa shape index (κ3) is 5.32. The smallest absolute Gasteiger partial charge is 0.245 e. The first-order valence-electron chi connectivity index (χ1n) is 12.1. The lowest BCUT2D eigenvalue weighted by Gasteiger charge is -2.38. The minimum Gasteiger partial charge on any atom is -0.381 e. The lowest BCUT2D eigenvalue weighted by molar-refractivity contribution is -0.146. The van der Waals surface area contributed by atoms with Crippen molar-refractivity contribution in [2.24, 2.45) is 0 Å². The highest BCUT2D eigenvalue weighted by Crippen LogP contribution is 2.41. The zero-order valence-corrected chi connectivity index (χ0v) is 21.3. The van der Waals surface area contributed by atoms with Gasteiger partial charge in [0.15, 0.2) is 0 Å². The number of sulfonamides is 1. The molecule has 0 aliphatic carbocycles.